The van der Waals surface area contributed by atoms with Crippen molar-refractivity contribution in [2.75, 3.05) is 13.7 Å². The molecular formula is C16H24NNa2O6P. The summed E-state index contributed by atoms with van der Waals surface area (Å²) in [5, 5.41) is 2.72. The summed E-state index contributed by atoms with van der Waals surface area (Å²) in [5.74, 6) is 0.344. The van der Waals surface area contributed by atoms with Crippen LogP contribution in [-0.2, 0) is 13.9 Å². The van der Waals surface area contributed by atoms with Crippen LogP contribution in [0.5, 0.6) is 5.75 Å². The van der Waals surface area contributed by atoms with Gasteiger partial charge in [-0.2, -0.15) is 0 Å². The molecule has 136 valence electrons. The normalized spacial score (nSPS) is 11.7. The van der Waals surface area contributed by atoms with E-state index >= 15 is 0 Å². The molecule has 0 heterocycles. The quantitative estimate of drug-likeness (QED) is 0.227. The zero-order valence-electron chi connectivity index (χ0n) is 16.0. The van der Waals surface area contributed by atoms with Gasteiger partial charge in [-0.1, -0.05) is 38.3 Å². The molecule has 1 aromatic rings. The van der Waals surface area contributed by atoms with Crippen molar-refractivity contribution in [2.24, 2.45) is 0 Å². The first-order valence-corrected chi connectivity index (χ1v) is 9.41. The minimum atomic E-state index is -5.11. The molecule has 1 atom stereocenters. The third-order valence-electron chi connectivity index (χ3n) is 3.49. The summed E-state index contributed by atoms with van der Waals surface area (Å²) < 4.78 is 20.2. The van der Waals surface area contributed by atoms with Crippen molar-refractivity contribution in [2.45, 2.75) is 45.1 Å². The van der Waals surface area contributed by atoms with Gasteiger partial charge in [0.2, 0.25) is 5.91 Å². The van der Waals surface area contributed by atoms with E-state index < -0.39 is 20.5 Å². The summed E-state index contributed by atoms with van der Waals surface area (Å²) in [7, 11) is -3.61. The number of methoxy groups -OCH3 is 1. The summed E-state index contributed by atoms with van der Waals surface area (Å²) >= 11 is 0. The Labute approximate surface area is 199 Å². The van der Waals surface area contributed by atoms with Gasteiger partial charge in [-0.3, -0.25) is 4.79 Å². The fourth-order valence-corrected chi connectivity index (χ4v) is 2.56. The van der Waals surface area contributed by atoms with Gasteiger partial charge >= 0.3 is 59.1 Å². The summed E-state index contributed by atoms with van der Waals surface area (Å²) in [6.07, 6.45) is 4.19. The third-order valence-corrected chi connectivity index (χ3v) is 3.95. The number of hydrogen-bond acceptors (Lipinski definition) is 6. The number of carbonyl (C=O) groups is 1. The van der Waals surface area contributed by atoms with Gasteiger partial charge < -0.3 is 28.9 Å². The molecule has 10 heteroatoms. The van der Waals surface area contributed by atoms with Crippen molar-refractivity contribution in [3.05, 3.63) is 29.8 Å². The molecule has 0 radical (unpaired) electrons. The van der Waals surface area contributed by atoms with Crippen LogP contribution in [0, 0.1) is 0 Å². The molecule has 0 saturated heterocycles. The van der Waals surface area contributed by atoms with Gasteiger partial charge in [0, 0.05) is 6.42 Å². The van der Waals surface area contributed by atoms with E-state index in [2.05, 4.69) is 16.8 Å². The van der Waals surface area contributed by atoms with Gasteiger partial charge in [-0.05, 0) is 24.1 Å². The minimum absolute atomic E-state index is 0. The molecule has 7 nitrogen and oxygen atoms in total. The number of nitrogens with one attached hydrogen (secondary N) is 1. The summed E-state index contributed by atoms with van der Waals surface area (Å²) in [6.45, 7) is 1.64. The van der Waals surface area contributed by atoms with Crippen molar-refractivity contribution in [1.82, 2.24) is 5.32 Å². The van der Waals surface area contributed by atoms with Gasteiger partial charge in [0.05, 0.1) is 27.6 Å². The third kappa shape index (κ3) is 12.9. The maximum absolute atomic E-state index is 12.0. The van der Waals surface area contributed by atoms with Gasteiger partial charge in [-0.15, -0.1) is 0 Å². The van der Waals surface area contributed by atoms with E-state index in [1.54, 1.807) is 24.3 Å². The second kappa shape index (κ2) is 15.5. The molecule has 1 N–H and O–H groups in total. The molecule has 1 amide bonds. The standard InChI is InChI=1S/C16H26NO6P.2Na/c1-3-4-5-6-10-16(18)17-15(12-23-24(19,20)21)13-8-7-9-14(11-13)22-2;;/h7-9,11,15H,3-6,10,12H2,1-2H3,(H,17,18)(H2,19,20,21);;/q;2*+1/p-2. The van der Waals surface area contributed by atoms with Crippen molar-refractivity contribution in [1.29, 1.82) is 0 Å². The molecular weight excluding hydrogens is 379 g/mol. The Morgan fingerprint density at radius 3 is 2.50 bits per heavy atom. The molecule has 1 rings (SSSR count). The number of carbonyl (C=O) groups excluding carboxylic acids is 1. The molecule has 0 bridgehead atoms. The summed E-state index contributed by atoms with van der Waals surface area (Å²) in [5.41, 5.74) is 0.602. The number of hydrogen-bond donors (Lipinski definition) is 1. The number of ether oxygens (including phenoxy) is 1. The molecule has 0 aromatic heterocycles. The second-order valence-corrected chi connectivity index (χ2v) is 6.60. The fourth-order valence-electron chi connectivity index (χ4n) is 2.22. The van der Waals surface area contributed by atoms with Crippen LogP contribution in [0.4, 0.5) is 0 Å². The SMILES string of the molecule is CCCCCCC(=O)NC(COP(=O)([O-])[O-])c1cccc(OC)c1.[Na+].[Na+]. The zero-order chi connectivity index (χ0) is 18.0. The molecule has 0 spiro atoms. The topological polar surface area (TPSA) is 111 Å². The summed E-state index contributed by atoms with van der Waals surface area (Å²) in [4.78, 5) is 33.5. The summed E-state index contributed by atoms with van der Waals surface area (Å²) in [6, 6.07) is 6.05. The van der Waals surface area contributed by atoms with E-state index in [9.17, 15) is 19.1 Å². The van der Waals surface area contributed by atoms with Crippen molar-refractivity contribution >= 4 is 13.7 Å². The maximum Gasteiger partial charge on any atom is 1.00 e. The number of amides is 1. The van der Waals surface area contributed by atoms with Crippen LogP contribution in [0.1, 0.15) is 50.6 Å². The largest absolute Gasteiger partial charge is 1.00 e. The number of phosphoric acid groups is 1. The van der Waals surface area contributed by atoms with Crippen LogP contribution in [0.25, 0.3) is 0 Å². The van der Waals surface area contributed by atoms with Crippen LogP contribution in [0.15, 0.2) is 24.3 Å². The van der Waals surface area contributed by atoms with Crippen LogP contribution >= 0.6 is 7.82 Å². The molecule has 0 fully saturated rings. The smallest absolute Gasteiger partial charge is 0.790 e. The van der Waals surface area contributed by atoms with E-state index in [4.69, 9.17) is 4.74 Å². The van der Waals surface area contributed by atoms with Crippen molar-refractivity contribution in [3.63, 3.8) is 0 Å². The average molecular weight is 403 g/mol. The number of phosphoric ester groups is 1. The van der Waals surface area contributed by atoms with Crippen molar-refractivity contribution < 1.29 is 87.5 Å². The Morgan fingerprint density at radius 1 is 1.23 bits per heavy atom. The van der Waals surface area contributed by atoms with Crippen LogP contribution in [-0.4, -0.2) is 19.6 Å². The monoisotopic (exact) mass is 403 g/mol. The first-order chi connectivity index (χ1) is 11.4. The van der Waals surface area contributed by atoms with E-state index in [0.717, 1.165) is 25.7 Å². The Kier molecular flexibility index (Phi) is 17.2. The van der Waals surface area contributed by atoms with Crippen LogP contribution < -0.4 is 79.0 Å². The Morgan fingerprint density at radius 2 is 1.92 bits per heavy atom. The number of benzene rings is 1. The van der Waals surface area contributed by atoms with Gasteiger partial charge in [0.1, 0.15) is 5.75 Å². The zero-order valence-corrected chi connectivity index (χ0v) is 20.9. The van der Waals surface area contributed by atoms with E-state index in [-0.39, 0.29) is 65.0 Å². The van der Waals surface area contributed by atoms with Gasteiger partial charge in [0.25, 0.3) is 0 Å². The van der Waals surface area contributed by atoms with E-state index in [1.165, 1.54) is 7.11 Å². The van der Waals surface area contributed by atoms with Crippen molar-refractivity contribution in [3.8, 4) is 5.75 Å². The molecule has 1 aromatic carbocycles. The molecule has 0 aliphatic carbocycles. The Bertz CT molecular complexity index is 569. The Balaban J connectivity index is 0. The molecule has 0 aliphatic heterocycles. The molecule has 0 saturated carbocycles. The Hall–Kier alpha value is 0.600. The van der Waals surface area contributed by atoms with E-state index in [1.807, 2.05) is 0 Å². The molecule has 1 unspecified atom stereocenters. The maximum atomic E-state index is 12.0. The van der Waals surface area contributed by atoms with Crippen LogP contribution in [0.3, 0.4) is 0 Å². The van der Waals surface area contributed by atoms with Gasteiger partial charge in [-0.25, -0.2) is 0 Å². The number of unbranched alkanes of at least 4 members (excludes halogenated alkanes) is 3. The second-order valence-electron chi connectivity index (χ2n) is 5.45. The van der Waals surface area contributed by atoms with E-state index in [0.29, 0.717) is 17.7 Å². The predicted molar refractivity (Wildman–Crippen MR) is 86.2 cm³/mol. The first kappa shape index (κ1) is 28.8. The fraction of sp³-hybridized carbons (Fsp3) is 0.562. The minimum Gasteiger partial charge on any atom is -0.790 e. The molecule has 0 aliphatic rings. The number of rotatable bonds is 11. The van der Waals surface area contributed by atoms with Crippen LogP contribution in [0.2, 0.25) is 0 Å². The average Bonchev–Trinajstić information content (AvgIpc) is 2.54. The predicted octanol–water partition coefficient (Wildman–Crippen LogP) is -4.32. The first-order valence-electron chi connectivity index (χ1n) is 7.95. The molecule has 26 heavy (non-hydrogen) atoms. The van der Waals surface area contributed by atoms with Gasteiger partial charge in [0.15, 0.2) is 0 Å².